The SMILES string of the molecule is Nc1ccc(-c2ccc(F)cc2)c(N)n1. The van der Waals surface area contributed by atoms with Gasteiger partial charge >= 0.3 is 0 Å². The third-order valence-electron chi connectivity index (χ3n) is 2.10. The van der Waals surface area contributed by atoms with Crippen LogP contribution in [0.3, 0.4) is 0 Å². The van der Waals surface area contributed by atoms with Gasteiger partial charge in [-0.3, -0.25) is 0 Å². The molecular weight excluding hydrogens is 193 g/mol. The van der Waals surface area contributed by atoms with Crippen molar-refractivity contribution in [3.05, 3.63) is 42.2 Å². The van der Waals surface area contributed by atoms with Gasteiger partial charge in [0.25, 0.3) is 0 Å². The van der Waals surface area contributed by atoms with Crippen LogP contribution in [0.25, 0.3) is 11.1 Å². The van der Waals surface area contributed by atoms with Gasteiger partial charge in [-0.2, -0.15) is 0 Å². The van der Waals surface area contributed by atoms with Crippen LogP contribution in [0, 0.1) is 5.82 Å². The summed E-state index contributed by atoms with van der Waals surface area (Å²) in [5, 5.41) is 0. The number of hydrogen-bond donors (Lipinski definition) is 2. The average Bonchev–Trinajstić information content (AvgIpc) is 2.20. The molecule has 0 unspecified atom stereocenters. The van der Waals surface area contributed by atoms with Crippen LogP contribution in [-0.2, 0) is 0 Å². The molecule has 0 saturated carbocycles. The van der Waals surface area contributed by atoms with Crippen molar-refractivity contribution in [3.8, 4) is 11.1 Å². The van der Waals surface area contributed by atoms with Gasteiger partial charge in [0.15, 0.2) is 0 Å². The second-order valence-electron chi connectivity index (χ2n) is 3.18. The number of rotatable bonds is 1. The maximum atomic E-state index is 12.7. The highest BCUT2D eigenvalue weighted by atomic mass is 19.1. The molecule has 0 aliphatic rings. The van der Waals surface area contributed by atoms with Crippen LogP contribution in [-0.4, -0.2) is 4.98 Å². The monoisotopic (exact) mass is 203 g/mol. The molecule has 0 atom stereocenters. The second-order valence-corrected chi connectivity index (χ2v) is 3.18. The highest BCUT2D eigenvalue weighted by molar-refractivity contribution is 5.74. The minimum absolute atomic E-state index is 0.277. The van der Waals surface area contributed by atoms with E-state index >= 15 is 0 Å². The molecular formula is C11H10FN3. The Morgan fingerprint density at radius 1 is 0.933 bits per heavy atom. The standard InChI is InChI=1S/C11H10FN3/c12-8-3-1-7(2-4-8)9-5-6-10(13)15-11(9)14/h1-6H,(H4,13,14,15). The minimum Gasteiger partial charge on any atom is -0.384 e. The number of nitrogens with zero attached hydrogens (tertiary/aromatic N) is 1. The molecule has 0 saturated heterocycles. The maximum absolute atomic E-state index is 12.7. The zero-order chi connectivity index (χ0) is 10.8. The third-order valence-corrected chi connectivity index (χ3v) is 2.10. The van der Waals surface area contributed by atoms with Crippen molar-refractivity contribution in [2.24, 2.45) is 0 Å². The first kappa shape index (κ1) is 9.45. The van der Waals surface area contributed by atoms with Crippen molar-refractivity contribution >= 4 is 11.6 Å². The van der Waals surface area contributed by atoms with E-state index in [2.05, 4.69) is 4.98 Å². The van der Waals surface area contributed by atoms with Crippen LogP contribution in [0.1, 0.15) is 0 Å². The highest BCUT2D eigenvalue weighted by Crippen LogP contribution is 2.25. The predicted octanol–water partition coefficient (Wildman–Crippen LogP) is 2.05. The van der Waals surface area contributed by atoms with Gasteiger partial charge in [-0.1, -0.05) is 12.1 Å². The average molecular weight is 203 g/mol. The Labute approximate surface area is 86.6 Å². The maximum Gasteiger partial charge on any atom is 0.133 e. The Morgan fingerprint density at radius 3 is 2.20 bits per heavy atom. The largest absolute Gasteiger partial charge is 0.384 e. The van der Waals surface area contributed by atoms with E-state index in [9.17, 15) is 4.39 Å². The second kappa shape index (κ2) is 3.57. The predicted molar refractivity (Wildman–Crippen MR) is 58.5 cm³/mol. The van der Waals surface area contributed by atoms with Crippen molar-refractivity contribution in [2.75, 3.05) is 11.5 Å². The number of pyridine rings is 1. The van der Waals surface area contributed by atoms with Gasteiger partial charge in [-0.25, -0.2) is 9.37 Å². The Balaban J connectivity index is 2.49. The molecule has 0 amide bonds. The quantitative estimate of drug-likeness (QED) is 0.745. The molecule has 4 heteroatoms. The van der Waals surface area contributed by atoms with E-state index in [4.69, 9.17) is 11.5 Å². The molecule has 3 nitrogen and oxygen atoms in total. The summed E-state index contributed by atoms with van der Waals surface area (Å²) in [5.41, 5.74) is 12.8. The van der Waals surface area contributed by atoms with Crippen LogP contribution < -0.4 is 11.5 Å². The van der Waals surface area contributed by atoms with E-state index in [1.807, 2.05) is 0 Å². The molecule has 4 N–H and O–H groups in total. The van der Waals surface area contributed by atoms with Crippen LogP contribution in [0.4, 0.5) is 16.0 Å². The zero-order valence-corrected chi connectivity index (χ0v) is 7.94. The summed E-state index contributed by atoms with van der Waals surface area (Å²) in [4.78, 5) is 3.93. The summed E-state index contributed by atoms with van der Waals surface area (Å²) in [7, 11) is 0. The van der Waals surface area contributed by atoms with Gasteiger partial charge in [0.2, 0.25) is 0 Å². The van der Waals surface area contributed by atoms with Crippen molar-refractivity contribution < 1.29 is 4.39 Å². The smallest absolute Gasteiger partial charge is 0.133 e. The summed E-state index contributed by atoms with van der Waals surface area (Å²) in [6, 6.07) is 9.49. The van der Waals surface area contributed by atoms with E-state index < -0.39 is 0 Å². The molecule has 0 aliphatic carbocycles. The van der Waals surface area contributed by atoms with Crippen molar-refractivity contribution in [1.29, 1.82) is 0 Å². The Hall–Kier alpha value is -2.10. The molecule has 0 bridgehead atoms. The van der Waals surface area contributed by atoms with Crippen molar-refractivity contribution in [3.63, 3.8) is 0 Å². The van der Waals surface area contributed by atoms with Crippen LogP contribution >= 0.6 is 0 Å². The molecule has 0 aliphatic heterocycles. The molecule has 0 spiro atoms. The van der Waals surface area contributed by atoms with E-state index in [0.29, 0.717) is 11.6 Å². The van der Waals surface area contributed by atoms with Gasteiger partial charge in [0.05, 0.1) is 0 Å². The number of nitrogens with two attached hydrogens (primary N) is 2. The first-order valence-corrected chi connectivity index (χ1v) is 4.45. The first-order valence-electron chi connectivity index (χ1n) is 4.45. The lowest BCUT2D eigenvalue weighted by atomic mass is 10.1. The van der Waals surface area contributed by atoms with Gasteiger partial charge in [0, 0.05) is 5.56 Å². The number of anilines is 2. The molecule has 1 aromatic heterocycles. The molecule has 0 radical (unpaired) electrons. The fourth-order valence-electron chi connectivity index (χ4n) is 1.36. The van der Waals surface area contributed by atoms with Crippen LogP contribution in [0.15, 0.2) is 36.4 Å². The van der Waals surface area contributed by atoms with Crippen LogP contribution in [0.5, 0.6) is 0 Å². The third kappa shape index (κ3) is 1.88. The zero-order valence-electron chi connectivity index (χ0n) is 7.94. The molecule has 2 rings (SSSR count). The van der Waals surface area contributed by atoms with Crippen molar-refractivity contribution in [1.82, 2.24) is 4.98 Å². The molecule has 76 valence electrons. The van der Waals surface area contributed by atoms with Gasteiger partial charge < -0.3 is 11.5 Å². The Bertz CT molecular complexity index is 480. The fraction of sp³-hybridized carbons (Fsp3) is 0. The minimum atomic E-state index is -0.277. The molecule has 1 heterocycles. The fourth-order valence-corrected chi connectivity index (χ4v) is 1.36. The van der Waals surface area contributed by atoms with Gasteiger partial charge in [-0.15, -0.1) is 0 Å². The number of aromatic nitrogens is 1. The van der Waals surface area contributed by atoms with E-state index in [1.165, 1.54) is 12.1 Å². The summed E-state index contributed by atoms with van der Waals surface area (Å²) < 4.78 is 12.7. The summed E-state index contributed by atoms with van der Waals surface area (Å²) >= 11 is 0. The first-order chi connectivity index (χ1) is 7.16. The van der Waals surface area contributed by atoms with Crippen LogP contribution in [0.2, 0.25) is 0 Å². The summed E-state index contributed by atoms with van der Waals surface area (Å²) in [6.45, 7) is 0. The lowest BCUT2D eigenvalue weighted by molar-refractivity contribution is 0.628. The van der Waals surface area contributed by atoms with Crippen molar-refractivity contribution in [2.45, 2.75) is 0 Å². The number of halogens is 1. The summed E-state index contributed by atoms with van der Waals surface area (Å²) in [5.74, 6) is 0.445. The lowest BCUT2D eigenvalue weighted by Crippen LogP contribution is -1.98. The number of hydrogen-bond acceptors (Lipinski definition) is 3. The lowest BCUT2D eigenvalue weighted by Gasteiger charge is -2.05. The summed E-state index contributed by atoms with van der Waals surface area (Å²) in [6.07, 6.45) is 0. The number of nitrogen functional groups attached to an aromatic ring is 2. The molecule has 2 aromatic rings. The molecule has 15 heavy (non-hydrogen) atoms. The highest BCUT2D eigenvalue weighted by Gasteiger charge is 2.03. The molecule has 0 fully saturated rings. The van der Waals surface area contributed by atoms with E-state index in [0.717, 1.165) is 11.1 Å². The van der Waals surface area contributed by atoms with Gasteiger partial charge in [-0.05, 0) is 29.8 Å². The van der Waals surface area contributed by atoms with E-state index in [-0.39, 0.29) is 5.82 Å². The molecule has 1 aromatic carbocycles. The van der Waals surface area contributed by atoms with E-state index in [1.54, 1.807) is 24.3 Å². The Kier molecular flexibility index (Phi) is 2.25. The number of benzene rings is 1. The topological polar surface area (TPSA) is 64.9 Å². The normalized spacial score (nSPS) is 10.2. The van der Waals surface area contributed by atoms with Gasteiger partial charge in [0.1, 0.15) is 17.5 Å². The Morgan fingerprint density at radius 2 is 1.60 bits per heavy atom.